The Hall–Kier alpha value is -1.31. The average molecular weight is 244 g/mol. The molecule has 0 saturated heterocycles. The molecule has 3 rings (SSSR count). The van der Waals surface area contributed by atoms with Gasteiger partial charge in [-0.15, -0.1) is 0 Å². The molecule has 2 aromatic carbocycles. The van der Waals surface area contributed by atoms with Crippen molar-refractivity contribution in [2.45, 2.75) is 19.9 Å². The zero-order chi connectivity index (χ0) is 12.2. The normalized spacial score (nSPS) is 16.8. The van der Waals surface area contributed by atoms with E-state index in [0.29, 0.717) is 0 Å². The Morgan fingerprint density at radius 1 is 1.18 bits per heavy atom. The molecule has 1 aliphatic rings. The summed E-state index contributed by atoms with van der Waals surface area (Å²) in [6.45, 7) is 4.22. The predicted molar refractivity (Wildman–Crippen MR) is 72.4 cm³/mol. The highest BCUT2D eigenvalue weighted by Crippen LogP contribution is 2.47. The SMILES string of the molecule is Cc1cc(C)c2c(c1)-c1c(Cl)cccc1C2N. The standard InChI is InChI=1S/C15H14ClN/c1-8-6-9(2)13-11(7-8)14-10(15(13)17)4-3-5-12(14)16/h3-7,15H,17H2,1-2H3. The van der Waals surface area contributed by atoms with Crippen molar-refractivity contribution in [3.8, 4) is 11.1 Å². The summed E-state index contributed by atoms with van der Waals surface area (Å²) in [4.78, 5) is 0. The minimum atomic E-state index is -0.0423. The molecule has 0 heterocycles. The van der Waals surface area contributed by atoms with Crippen molar-refractivity contribution in [3.63, 3.8) is 0 Å². The van der Waals surface area contributed by atoms with Crippen molar-refractivity contribution >= 4 is 11.6 Å². The molecule has 1 unspecified atom stereocenters. The van der Waals surface area contributed by atoms with Crippen molar-refractivity contribution in [1.29, 1.82) is 0 Å². The van der Waals surface area contributed by atoms with Crippen molar-refractivity contribution < 1.29 is 0 Å². The maximum Gasteiger partial charge on any atom is 0.0567 e. The van der Waals surface area contributed by atoms with E-state index in [-0.39, 0.29) is 6.04 Å². The summed E-state index contributed by atoms with van der Waals surface area (Å²) in [7, 11) is 0. The zero-order valence-corrected chi connectivity index (χ0v) is 10.7. The first kappa shape index (κ1) is 10.8. The average Bonchev–Trinajstić information content (AvgIpc) is 2.54. The van der Waals surface area contributed by atoms with Gasteiger partial charge in [-0.05, 0) is 42.2 Å². The number of benzene rings is 2. The number of fused-ring (bicyclic) bond motifs is 3. The number of rotatable bonds is 0. The molecule has 2 N–H and O–H groups in total. The first-order valence-corrected chi connectivity index (χ1v) is 6.13. The molecule has 86 valence electrons. The van der Waals surface area contributed by atoms with Gasteiger partial charge in [-0.2, -0.15) is 0 Å². The Kier molecular flexibility index (Phi) is 2.29. The third-order valence-corrected chi connectivity index (χ3v) is 3.81. The van der Waals surface area contributed by atoms with Gasteiger partial charge >= 0.3 is 0 Å². The highest BCUT2D eigenvalue weighted by Gasteiger charge is 2.29. The lowest BCUT2D eigenvalue weighted by atomic mass is 9.98. The smallest absolute Gasteiger partial charge is 0.0567 e. The van der Waals surface area contributed by atoms with Gasteiger partial charge in [-0.3, -0.25) is 0 Å². The van der Waals surface area contributed by atoms with Crippen LogP contribution in [-0.2, 0) is 0 Å². The maximum absolute atomic E-state index is 6.32. The van der Waals surface area contributed by atoms with Crippen LogP contribution in [-0.4, -0.2) is 0 Å². The number of hydrogen-bond acceptors (Lipinski definition) is 1. The van der Waals surface area contributed by atoms with Crippen LogP contribution in [0.5, 0.6) is 0 Å². The molecule has 0 bridgehead atoms. The summed E-state index contributed by atoms with van der Waals surface area (Å²) < 4.78 is 0. The topological polar surface area (TPSA) is 26.0 Å². The summed E-state index contributed by atoms with van der Waals surface area (Å²) in [5.74, 6) is 0. The molecule has 2 heteroatoms. The highest BCUT2D eigenvalue weighted by atomic mass is 35.5. The van der Waals surface area contributed by atoms with Gasteiger partial charge in [-0.1, -0.05) is 41.4 Å². The molecule has 17 heavy (non-hydrogen) atoms. The molecule has 0 amide bonds. The van der Waals surface area contributed by atoms with Crippen LogP contribution in [0.25, 0.3) is 11.1 Å². The Morgan fingerprint density at radius 2 is 1.94 bits per heavy atom. The number of aryl methyl sites for hydroxylation is 2. The quantitative estimate of drug-likeness (QED) is 0.744. The molecule has 1 aliphatic carbocycles. The fraction of sp³-hybridized carbons (Fsp3) is 0.200. The largest absolute Gasteiger partial charge is 0.320 e. The number of hydrogen-bond donors (Lipinski definition) is 1. The van der Waals surface area contributed by atoms with E-state index in [4.69, 9.17) is 17.3 Å². The Balaban J connectivity index is 2.41. The van der Waals surface area contributed by atoms with Crippen LogP contribution < -0.4 is 5.73 Å². The zero-order valence-electron chi connectivity index (χ0n) is 9.92. The van der Waals surface area contributed by atoms with Crippen LogP contribution in [0.3, 0.4) is 0 Å². The van der Waals surface area contributed by atoms with Gasteiger partial charge in [0.1, 0.15) is 0 Å². The van der Waals surface area contributed by atoms with Crippen molar-refractivity contribution in [2.75, 3.05) is 0 Å². The maximum atomic E-state index is 6.32. The first-order chi connectivity index (χ1) is 8.09. The fourth-order valence-corrected chi connectivity index (χ4v) is 3.12. The van der Waals surface area contributed by atoms with Crippen LogP contribution in [0.15, 0.2) is 30.3 Å². The van der Waals surface area contributed by atoms with E-state index in [1.54, 1.807) is 0 Å². The highest BCUT2D eigenvalue weighted by molar-refractivity contribution is 6.33. The summed E-state index contributed by atoms with van der Waals surface area (Å²) >= 11 is 6.31. The van der Waals surface area contributed by atoms with Crippen molar-refractivity contribution in [3.05, 3.63) is 57.6 Å². The van der Waals surface area contributed by atoms with Crippen molar-refractivity contribution in [1.82, 2.24) is 0 Å². The second-order valence-corrected chi connectivity index (χ2v) is 5.13. The van der Waals surface area contributed by atoms with E-state index in [2.05, 4.69) is 32.0 Å². The number of halogens is 1. The van der Waals surface area contributed by atoms with E-state index >= 15 is 0 Å². The van der Waals surface area contributed by atoms with E-state index in [9.17, 15) is 0 Å². The van der Waals surface area contributed by atoms with E-state index in [1.165, 1.54) is 22.3 Å². The Morgan fingerprint density at radius 3 is 2.71 bits per heavy atom. The van der Waals surface area contributed by atoms with Gasteiger partial charge in [-0.25, -0.2) is 0 Å². The molecule has 0 spiro atoms. The summed E-state index contributed by atoms with van der Waals surface area (Å²) in [5, 5.41) is 0.793. The lowest BCUT2D eigenvalue weighted by molar-refractivity contribution is 0.890. The first-order valence-electron chi connectivity index (χ1n) is 5.75. The minimum absolute atomic E-state index is 0.0423. The van der Waals surface area contributed by atoms with Gasteiger partial charge in [0, 0.05) is 10.6 Å². The van der Waals surface area contributed by atoms with E-state index < -0.39 is 0 Å². The Bertz CT molecular complexity index is 617. The van der Waals surface area contributed by atoms with E-state index in [0.717, 1.165) is 16.1 Å². The summed E-state index contributed by atoms with van der Waals surface area (Å²) in [5.41, 5.74) is 13.5. The predicted octanol–water partition coefficient (Wildman–Crippen LogP) is 3.99. The molecule has 1 nitrogen and oxygen atoms in total. The molecular weight excluding hydrogens is 230 g/mol. The van der Waals surface area contributed by atoms with Crippen LogP contribution in [0.4, 0.5) is 0 Å². The van der Waals surface area contributed by atoms with Crippen molar-refractivity contribution in [2.24, 2.45) is 5.73 Å². The third-order valence-electron chi connectivity index (χ3n) is 3.49. The Labute approximate surface area is 106 Å². The molecule has 0 radical (unpaired) electrons. The molecular formula is C15H14ClN. The second kappa shape index (κ2) is 3.59. The molecule has 2 aromatic rings. The lowest BCUT2D eigenvalue weighted by Crippen LogP contribution is -2.09. The molecule has 0 aromatic heterocycles. The van der Waals surface area contributed by atoms with Gasteiger partial charge < -0.3 is 5.73 Å². The molecule has 0 aliphatic heterocycles. The van der Waals surface area contributed by atoms with Crippen LogP contribution >= 0.6 is 11.6 Å². The van der Waals surface area contributed by atoms with Crippen LogP contribution in [0, 0.1) is 13.8 Å². The summed E-state index contributed by atoms with van der Waals surface area (Å²) in [6, 6.07) is 10.3. The van der Waals surface area contributed by atoms with Gasteiger partial charge in [0.2, 0.25) is 0 Å². The van der Waals surface area contributed by atoms with Crippen LogP contribution in [0.1, 0.15) is 28.3 Å². The molecule has 1 atom stereocenters. The van der Waals surface area contributed by atoms with Gasteiger partial charge in [0.25, 0.3) is 0 Å². The molecule has 0 saturated carbocycles. The third kappa shape index (κ3) is 1.43. The van der Waals surface area contributed by atoms with Gasteiger partial charge in [0.15, 0.2) is 0 Å². The summed E-state index contributed by atoms with van der Waals surface area (Å²) in [6.07, 6.45) is 0. The lowest BCUT2D eigenvalue weighted by Gasteiger charge is -2.10. The van der Waals surface area contributed by atoms with E-state index in [1.807, 2.05) is 12.1 Å². The minimum Gasteiger partial charge on any atom is -0.320 e. The van der Waals surface area contributed by atoms with Crippen LogP contribution in [0.2, 0.25) is 5.02 Å². The molecule has 0 fully saturated rings. The number of nitrogens with two attached hydrogens (primary N) is 1. The van der Waals surface area contributed by atoms with Gasteiger partial charge in [0.05, 0.1) is 6.04 Å². The monoisotopic (exact) mass is 243 g/mol. The second-order valence-electron chi connectivity index (χ2n) is 4.72. The fourth-order valence-electron chi connectivity index (χ4n) is 2.84.